The Bertz CT molecular complexity index is 546. The lowest BCUT2D eigenvalue weighted by Gasteiger charge is -2.11. The van der Waals surface area contributed by atoms with E-state index in [4.69, 9.17) is 0 Å². The first-order chi connectivity index (χ1) is 9.10. The van der Waals surface area contributed by atoms with Gasteiger partial charge in [-0.3, -0.25) is 0 Å². The zero-order valence-electron chi connectivity index (χ0n) is 11.8. The predicted octanol–water partition coefficient (Wildman–Crippen LogP) is 1.99. The molecule has 0 unspecified atom stereocenters. The number of aryl methyl sites for hydroxylation is 1. The van der Waals surface area contributed by atoms with E-state index in [0.717, 1.165) is 23.3 Å². The van der Waals surface area contributed by atoms with Crippen LogP contribution in [0, 0.1) is 0 Å². The van der Waals surface area contributed by atoms with Crippen molar-refractivity contribution in [1.82, 2.24) is 19.5 Å². The second-order valence-corrected chi connectivity index (χ2v) is 4.71. The van der Waals surface area contributed by atoms with E-state index in [9.17, 15) is 0 Å². The van der Waals surface area contributed by atoms with Gasteiger partial charge in [0, 0.05) is 38.5 Å². The van der Waals surface area contributed by atoms with Gasteiger partial charge in [-0.25, -0.2) is 15.0 Å². The molecular weight excluding hydrogens is 240 g/mol. The molecule has 2 aromatic heterocycles. The Hall–Kier alpha value is -2.11. The standard InChI is InChI=1S/C13H20N6/c1-9(2)13-17-10(14-3)7-11(18-13)16-8-12-15-5-6-19(12)4/h5-7,9H,8H2,1-4H3,(H2,14,16,17,18). The molecule has 19 heavy (non-hydrogen) atoms. The van der Waals surface area contributed by atoms with Crippen LogP contribution in [0.25, 0.3) is 0 Å². The highest BCUT2D eigenvalue weighted by Gasteiger charge is 2.08. The number of nitrogens with zero attached hydrogens (tertiary/aromatic N) is 4. The van der Waals surface area contributed by atoms with Gasteiger partial charge in [0.2, 0.25) is 0 Å². The normalized spacial score (nSPS) is 10.8. The van der Waals surface area contributed by atoms with Crippen LogP contribution in [0.1, 0.15) is 31.4 Å². The SMILES string of the molecule is CNc1cc(NCc2nccn2C)nc(C(C)C)n1. The summed E-state index contributed by atoms with van der Waals surface area (Å²) in [5.41, 5.74) is 0. The van der Waals surface area contributed by atoms with Crippen LogP contribution in [0.2, 0.25) is 0 Å². The van der Waals surface area contributed by atoms with E-state index in [1.54, 1.807) is 6.20 Å². The first-order valence-electron chi connectivity index (χ1n) is 6.37. The lowest BCUT2D eigenvalue weighted by atomic mass is 10.2. The van der Waals surface area contributed by atoms with Gasteiger partial charge in [0.25, 0.3) is 0 Å². The van der Waals surface area contributed by atoms with Gasteiger partial charge in [-0.2, -0.15) is 0 Å². The molecule has 0 atom stereocenters. The zero-order valence-corrected chi connectivity index (χ0v) is 11.8. The highest BCUT2D eigenvalue weighted by atomic mass is 15.1. The lowest BCUT2D eigenvalue weighted by Crippen LogP contribution is -2.10. The van der Waals surface area contributed by atoms with Gasteiger partial charge in [-0.1, -0.05) is 13.8 Å². The summed E-state index contributed by atoms with van der Waals surface area (Å²) in [6.45, 7) is 4.80. The number of aromatic nitrogens is 4. The van der Waals surface area contributed by atoms with Crippen LogP contribution in [0.3, 0.4) is 0 Å². The number of hydrogen-bond donors (Lipinski definition) is 2. The Morgan fingerprint density at radius 2 is 2.00 bits per heavy atom. The number of hydrogen-bond acceptors (Lipinski definition) is 5. The number of rotatable bonds is 5. The van der Waals surface area contributed by atoms with E-state index in [1.807, 2.05) is 30.9 Å². The summed E-state index contributed by atoms with van der Waals surface area (Å²) < 4.78 is 1.98. The van der Waals surface area contributed by atoms with Crippen LogP contribution in [-0.2, 0) is 13.6 Å². The zero-order chi connectivity index (χ0) is 13.8. The minimum Gasteiger partial charge on any atom is -0.373 e. The highest BCUT2D eigenvalue weighted by molar-refractivity contribution is 5.47. The molecule has 6 nitrogen and oxygen atoms in total. The molecule has 0 aliphatic carbocycles. The van der Waals surface area contributed by atoms with Gasteiger partial charge in [0.05, 0.1) is 6.54 Å². The van der Waals surface area contributed by atoms with E-state index < -0.39 is 0 Å². The van der Waals surface area contributed by atoms with Crippen molar-refractivity contribution in [2.75, 3.05) is 17.7 Å². The largest absolute Gasteiger partial charge is 0.373 e. The van der Waals surface area contributed by atoms with Crippen LogP contribution in [-0.4, -0.2) is 26.6 Å². The molecule has 0 radical (unpaired) electrons. The first kappa shape index (κ1) is 13.3. The fourth-order valence-electron chi connectivity index (χ4n) is 1.68. The maximum atomic E-state index is 4.51. The summed E-state index contributed by atoms with van der Waals surface area (Å²) >= 11 is 0. The number of anilines is 2. The van der Waals surface area contributed by atoms with E-state index in [2.05, 4.69) is 39.4 Å². The predicted molar refractivity (Wildman–Crippen MR) is 76.2 cm³/mol. The minimum atomic E-state index is 0.294. The average molecular weight is 260 g/mol. The number of imidazole rings is 1. The third-order valence-electron chi connectivity index (χ3n) is 2.86. The summed E-state index contributed by atoms with van der Waals surface area (Å²) in [6, 6.07) is 1.90. The Kier molecular flexibility index (Phi) is 3.99. The van der Waals surface area contributed by atoms with Crippen molar-refractivity contribution in [3.63, 3.8) is 0 Å². The fraction of sp³-hybridized carbons (Fsp3) is 0.462. The van der Waals surface area contributed by atoms with Gasteiger partial charge < -0.3 is 15.2 Å². The monoisotopic (exact) mass is 260 g/mol. The van der Waals surface area contributed by atoms with Crippen LogP contribution in [0.5, 0.6) is 0 Å². The maximum Gasteiger partial charge on any atom is 0.135 e. The first-order valence-corrected chi connectivity index (χ1v) is 6.37. The quantitative estimate of drug-likeness (QED) is 0.860. The van der Waals surface area contributed by atoms with Crippen molar-refractivity contribution in [2.45, 2.75) is 26.3 Å². The summed E-state index contributed by atoms with van der Waals surface area (Å²) in [4.78, 5) is 13.2. The minimum absolute atomic E-state index is 0.294. The maximum absolute atomic E-state index is 4.51. The lowest BCUT2D eigenvalue weighted by molar-refractivity contribution is 0.771. The van der Waals surface area contributed by atoms with Gasteiger partial charge in [-0.15, -0.1) is 0 Å². The van der Waals surface area contributed by atoms with Crippen molar-refractivity contribution in [1.29, 1.82) is 0 Å². The van der Waals surface area contributed by atoms with Crippen LogP contribution < -0.4 is 10.6 Å². The van der Waals surface area contributed by atoms with Crippen molar-refractivity contribution in [3.05, 3.63) is 30.1 Å². The molecular formula is C13H20N6. The molecule has 2 aromatic rings. The molecule has 0 fully saturated rings. The number of nitrogens with one attached hydrogen (secondary N) is 2. The smallest absolute Gasteiger partial charge is 0.135 e. The molecule has 102 valence electrons. The van der Waals surface area contributed by atoms with Crippen LogP contribution >= 0.6 is 0 Å². The highest BCUT2D eigenvalue weighted by Crippen LogP contribution is 2.17. The second-order valence-electron chi connectivity index (χ2n) is 4.71. The molecule has 0 bridgehead atoms. The molecule has 2 N–H and O–H groups in total. The molecule has 0 aliphatic heterocycles. The Labute approximate surface area is 113 Å². The Morgan fingerprint density at radius 3 is 2.58 bits per heavy atom. The van der Waals surface area contributed by atoms with Crippen LogP contribution in [0.4, 0.5) is 11.6 Å². The molecule has 0 saturated carbocycles. The van der Waals surface area contributed by atoms with E-state index in [1.165, 1.54) is 0 Å². The summed E-state index contributed by atoms with van der Waals surface area (Å²) in [6.07, 6.45) is 3.71. The molecule has 2 heterocycles. The summed E-state index contributed by atoms with van der Waals surface area (Å²) in [5.74, 6) is 3.72. The molecule has 0 amide bonds. The molecule has 0 saturated heterocycles. The molecule has 6 heteroatoms. The molecule has 2 rings (SSSR count). The molecule has 0 aromatic carbocycles. The van der Waals surface area contributed by atoms with Crippen molar-refractivity contribution in [3.8, 4) is 0 Å². The van der Waals surface area contributed by atoms with E-state index in [-0.39, 0.29) is 0 Å². The summed E-state index contributed by atoms with van der Waals surface area (Å²) in [7, 11) is 3.83. The van der Waals surface area contributed by atoms with Gasteiger partial charge in [0.1, 0.15) is 23.3 Å². The van der Waals surface area contributed by atoms with Crippen molar-refractivity contribution < 1.29 is 0 Å². The van der Waals surface area contributed by atoms with Crippen molar-refractivity contribution >= 4 is 11.6 Å². The van der Waals surface area contributed by atoms with E-state index >= 15 is 0 Å². The second kappa shape index (κ2) is 5.69. The van der Waals surface area contributed by atoms with E-state index in [0.29, 0.717) is 12.5 Å². The van der Waals surface area contributed by atoms with Gasteiger partial charge >= 0.3 is 0 Å². The van der Waals surface area contributed by atoms with Crippen LogP contribution in [0.15, 0.2) is 18.5 Å². The molecule has 0 spiro atoms. The molecule has 0 aliphatic rings. The third-order valence-corrected chi connectivity index (χ3v) is 2.86. The van der Waals surface area contributed by atoms with Gasteiger partial charge in [-0.05, 0) is 0 Å². The van der Waals surface area contributed by atoms with Crippen molar-refractivity contribution in [2.24, 2.45) is 7.05 Å². The third kappa shape index (κ3) is 3.21. The summed E-state index contributed by atoms with van der Waals surface area (Å²) in [5, 5.41) is 6.34. The fourth-order valence-corrected chi connectivity index (χ4v) is 1.68. The van der Waals surface area contributed by atoms with Gasteiger partial charge in [0.15, 0.2) is 0 Å². The average Bonchev–Trinajstić information content (AvgIpc) is 2.81. The topological polar surface area (TPSA) is 67.7 Å². The Balaban J connectivity index is 2.15. The Morgan fingerprint density at radius 1 is 1.26 bits per heavy atom.